The molecule has 1 saturated heterocycles. The lowest BCUT2D eigenvalue weighted by molar-refractivity contribution is 0.457. The highest BCUT2D eigenvalue weighted by atomic mass is 127. The van der Waals surface area contributed by atoms with E-state index in [0.29, 0.717) is 18.8 Å². The van der Waals surface area contributed by atoms with Crippen molar-refractivity contribution in [2.75, 3.05) is 25.1 Å². The first kappa shape index (κ1) is 21.6. The summed E-state index contributed by atoms with van der Waals surface area (Å²) in [6.07, 6.45) is 0.718. The molecule has 1 unspecified atom stereocenters. The van der Waals surface area contributed by atoms with Crippen LogP contribution in [-0.2, 0) is 16.4 Å². The molecule has 0 spiro atoms. The van der Waals surface area contributed by atoms with Crippen LogP contribution in [0.15, 0.2) is 10.4 Å². The first-order valence-electron chi connectivity index (χ1n) is 7.88. The number of hydrogen-bond donors (Lipinski definition) is 1. The quantitative estimate of drug-likeness (QED) is 0.393. The Kier molecular flexibility index (Phi) is 8.40. The average Bonchev–Trinajstić information content (AvgIpc) is 2.99. The van der Waals surface area contributed by atoms with Gasteiger partial charge in [-0.3, -0.25) is 4.99 Å². The summed E-state index contributed by atoms with van der Waals surface area (Å²) in [5.41, 5.74) is 1.02. The Labute approximate surface area is 166 Å². The van der Waals surface area contributed by atoms with Crippen molar-refractivity contribution in [2.24, 2.45) is 10.9 Å². The standard InChI is InChI=1S/C15H26N4O2S2.HI/c1-11(2)17-15(16-7-13-5-6-23(20,21)10-13)19(4)8-14-9-22-12(3)18-14;/h9,11,13H,5-8,10H2,1-4H3,(H,16,17);1H. The highest BCUT2D eigenvalue weighted by Gasteiger charge is 2.27. The second-order valence-corrected chi connectivity index (χ2v) is 9.74. The van der Waals surface area contributed by atoms with E-state index in [4.69, 9.17) is 0 Å². The van der Waals surface area contributed by atoms with Gasteiger partial charge >= 0.3 is 0 Å². The third-order valence-corrected chi connectivity index (χ3v) is 6.33. The Morgan fingerprint density at radius 3 is 2.75 bits per heavy atom. The predicted octanol–water partition coefficient (Wildman–Crippen LogP) is 2.29. The van der Waals surface area contributed by atoms with Gasteiger partial charge in [0.2, 0.25) is 0 Å². The third kappa shape index (κ3) is 6.83. The van der Waals surface area contributed by atoms with Crippen LogP contribution in [0.5, 0.6) is 0 Å². The molecule has 24 heavy (non-hydrogen) atoms. The van der Waals surface area contributed by atoms with Crippen LogP contribution in [0.1, 0.15) is 31.0 Å². The second kappa shape index (κ2) is 9.33. The maximum atomic E-state index is 11.6. The summed E-state index contributed by atoms with van der Waals surface area (Å²) in [7, 11) is -0.864. The first-order valence-corrected chi connectivity index (χ1v) is 10.6. The van der Waals surface area contributed by atoms with E-state index in [1.54, 1.807) is 11.3 Å². The zero-order chi connectivity index (χ0) is 17.0. The molecule has 6 nitrogen and oxygen atoms in total. The van der Waals surface area contributed by atoms with Crippen molar-refractivity contribution in [3.8, 4) is 0 Å². The molecule has 0 aliphatic carbocycles. The minimum Gasteiger partial charge on any atom is -0.354 e. The molecule has 0 bridgehead atoms. The number of thiazole rings is 1. The predicted molar refractivity (Wildman–Crippen MR) is 111 cm³/mol. The summed E-state index contributed by atoms with van der Waals surface area (Å²) < 4.78 is 23.1. The van der Waals surface area contributed by atoms with Crippen molar-refractivity contribution in [3.05, 3.63) is 16.1 Å². The molecule has 0 saturated carbocycles. The number of aliphatic imine (C=N–C) groups is 1. The molecule has 1 aromatic rings. The van der Waals surface area contributed by atoms with Crippen LogP contribution < -0.4 is 5.32 Å². The number of hydrogen-bond acceptors (Lipinski definition) is 5. The van der Waals surface area contributed by atoms with E-state index >= 15 is 0 Å². The van der Waals surface area contributed by atoms with Gasteiger partial charge in [-0.1, -0.05) is 0 Å². The first-order chi connectivity index (χ1) is 10.7. The number of sulfone groups is 1. The van der Waals surface area contributed by atoms with E-state index in [9.17, 15) is 8.42 Å². The fourth-order valence-corrected chi connectivity index (χ4v) is 5.02. The topological polar surface area (TPSA) is 74.7 Å². The fraction of sp³-hybridized carbons (Fsp3) is 0.733. The lowest BCUT2D eigenvalue weighted by atomic mass is 10.1. The molecule has 138 valence electrons. The molecule has 1 aliphatic heterocycles. The van der Waals surface area contributed by atoms with Crippen LogP contribution in [0, 0.1) is 12.8 Å². The molecule has 2 rings (SSSR count). The number of aryl methyl sites for hydroxylation is 1. The van der Waals surface area contributed by atoms with Crippen LogP contribution in [0.4, 0.5) is 0 Å². The second-order valence-electron chi connectivity index (χ2n) is 6.45. The summed E-state index contributed by atoms with van der Waals surface area (Å²) in [4.78, 5) is 11.2. The molecule has 1 atom stereocenters. The number of aromatic nitrogens is 1. The Morgan fingerprint density at radius 2 is 2.25 bits per heavy atom. The molecule has 0 amide bonds. The van der Waals surface area contributed by atoms with Gasteiger partial charge in [-0.05, 0) is 33.1 Å². The Hall–Kier alpha value is -0.420. The normalized spacial score (nSPS) is 20.0. The highest BCUT2D eigenvalue weighted by Crippen LogP contribution is 2.18. The Balaban J connectivity index is 0.00000288. The van der Waals surface area contributed by atoms with Crippen LogP contribution in [0.2, 0.25) is 0 Å². The fourth-order valence-electron chi connectivity index (χ4n) is 2.57. The van der Waals surface area contributed by atoms with Gasteiger partial charge in [-0.2, -0.15) is 0 Å². The zero-order valence-corrected chi connectivity index (χ0v) is 18.6. The maximum absolute atomic E-state index is 11.6. The molecule has 9 heteroatoms. The van der Waals surface area contributed by atoms with Crippen molar-refractivity contribution >= 4 is 51.1 Å². The van der Waals surface area contributed by atoms with E-state index in [-0.39, 0.29) is 41.7 Å². The number of guanidine groups is 1. The Morgan fingerprint density at radius 1 is 1.54 bits per heavy atom. The van der Waals surface area contributed by atoms with Crippen molar-refractivity contribution < 1.29 is 8.42 Å². The van der Waals surface area contributed by atoms with Crippen LogP contribution in [-0.4, -0.2) is 55.4 Å². The molecule has 1 aromatic heterocycles. The number of halogens is 1. The maximum Gasteiger partial charge on any atom is 0.194 e. The van der Waals surface area contributed by atoms with Gasteiger partial charge in [-0.15, -0.1) is 35.3 Å². The summed E-state index contributed by atoms with van der Waals surface area (Å²) in [6, 6.07) is 0.265. The average molecular weight is 486 g/mol. The summed E-state index contributed by atoms with van der Waals surface area (Å²) in [6.45, 7) is 7.36. The third-order valence-electron chi connectivity index (χ3n) is 3.67. The van der Waals surface area contributed by atoms with Gasteiger partial charge in [0.15, 0.2) is 15.8 Å². The number of nitrogens with one attached hydrogen (secondary N) is 1. The number of rotatable bonds is 5. The van der Waals surface area contributed by atoms with Gasteiger partial charge in [0.1, 0.15) is 0 Å². The molecule has 0 aromatic carbocycles. The van der Waals surface area contributed by atoms with Crippen LogP contribution >= 0.6 is 35.3 Å². The smallest absolute Gasteiger partial charge is 0.194 e. The van der Waals surface area contributed by atoms with Crippen LogP contribution in [0.3, 0.4) is 0 Å². The van der Waals surface area contributed by atoms with Crippen molar-refractivity contribution in [3.63, 3.8) is 0 Å². The van der Waals surface area contributed by atoms with E-state index in [1.165, 1.54) is 0 Å². The SMILES string of the molecule is Cc1nc(CN(C)C(=NCC2CCS(=O)(=O)C2)NC(C)C)cs1.I. The van der Waals surface area contributed by atoms with Crippen LogP contribution in [0.25, 0.3) is 0 Å². The molecular weight excluding hydrogens is 459 g/mol. The van der Waals surface area contributed by atoms with Crippen molar-refractivity contribution in [1.29, 1.82) is 0 Å². The minimum absolute atomic E-state index is 0. The van der Waals surface area contributed by atoms with Crippen molar-refractivity contribution in [1.82, 2.24) is 15.2 Å². The summed E-state index contributed by atoms with van der Waals surface area (Å²) >= 11 is 1.64. The van der Waals surface area contributed by atoms with E-state index in [1.807, 2.05) is 18.9 Å². The molecule has 1 N–H and O–H groups in total. The number of nitrogens with zero attached hydrogens (tertiary/aromatic N) is 3. The van der Waals surface area contributed by atoms with E-state index < -0.39 is 9.84 Å². The summed E-state index contributed by atoms with van der Waals surface area (Å²) in [5.74, 6) is 1.50. The van der Waals surface area contributed by atoms with Gasteiger partial charge < -0.3 is 10.2 Å². The van der Waals surface area contributed by atoms with Gasteiger partial charge in [-0.25, -0.2) is 13.4 Å². The molecule has 0 radical (unpaired) electrons. The highest BCUT2D eigenvalue weighted by molar-refractivity contribution is 14.0. The van der Waals surface area contributed by atoms with E-state index in [2.05, 4.69) is 34.5 Å². The Bertz CT molecular complexity index is 658. The van der Waals surface area contributed by atoms with Gasteiger partial charge in [0.25, 0.3) is 0 Å². The summed E-state index contributed by atoms with van der Waals surface area (Å²) in [5, 5.41) is 6.47. The lowest BCUT2D eigenvalue weighted by Crippen LogP contribution is -2.42. The molecule has 1 fully saturated rings. The monoisotopic (exact) mass is 486 g/mol. The van der Waals surface area contributed by atoms with Gasteiger partial charge in [0, 0.05) is 25.0 Å². The van der Waals surface area contributed by atoms with E-state index in [0.717, 1.165) is 23.1 Å². The van der Waals surface area contributed by atoms with Gasteiger partial charge in [0.05, 0.1) is 28.8 Å². The molecule has 1 aliphatic rings. The largest absolute Gasteiger partial charge is 0.354 e. The minimum atomic E-state index is -2.84. The van der Waals surface area contributed by atoms with Crippen molar-refractivity contribution in [2.45, 2.75) is 39.8 Å². The molecule has 2 heterocycles. The zero-order valence-electron chi connectivity index (χ0n) is 14.7. The lowest BCUT2D eigenvalue weighted by Gasteiger charge is -2.24. The molecular formula is C15H27IN4O2S2.